The van der Waals surface area contributed by atoms with Crippen LogP contribution in [0, 0.1) is 17.1 Å². The predicted molar refractivity (Wildman–Crippen MR) is 178 cm³/mol. The minimum atomic E-state index is -0.619. The fourth-order valence-corrected chi connectivity index (χ4v) is 7.53. The molecule has 6 rings (SSSR count). The van der Waals surface area contributed by atoms with E-state index in [2.05, 4.69) is 29.1 Å². The summed E-state index contributed by atoms with van der Waals surface area (Å²) in [4.78, 5) is 23.0. The quantitative estimate of drug-likeness (QED) is 0.0671. The molecule has 0 spiro atoms. The molecule has 2 aliphatic rings. The van der Waals surface area contributed by atoms with Gasteiger partial charge in [-0.1, -0.05) is 49.2 Å². The zero-order chi connectivity index (χ0) is 31.9. The van der Waals surface area contributed by atoms with Crippen molar-refractivity contribution in [2.24, 2.45) is 4.99 Å². The van der Waals surface area contributed by atoms with E-state index in [0.717, 1.165) is 16.2 Å². The lowest BCUT2D eigenvalue weighted by Crippen LogP contribution is -2.31. The number of rotatable bonds is 10. The van der Waals surface area contributed by atoms with E-state index in [1.165, 1.54) is 17.4 Å². The number of thioether (sulfide) groups is 1. The SMILES string of the molecule is C=C/C=C(\C=C)CSc1nc(N2CC3OC(C)(C)OC3C2)nc2c1ncn2Cc1ccc(F)c2sc(/N=C/N(C)C)c(C#N)c12. The van der Waals surface area contributed by atoms with Crippen LogP contribution in [0.5, 0.6) is 0 Å². The van der Waals surface area contributed by atoms with Gasteiger partial charge in [-0.05, 0) is 31.1 Å². The first kappa shape index (κ1) is 30.9. The molecule has 0 aliphatic carbocycles. The predicted octanol–water partition coefficient (Wildman–Crippen LogP) is 6.05. The first-order valence-corrected chi connectivity index (χ1v) is 16.2. The fourth-order valence-electron chi connectivity index (χ4n) is 5.54. The van der Waals surface area contributed by atoms with Crippen LogP contribution in [0.4, 0.5) is 15.3 Å². The fraction of sp³-hybridized carbons (Fsp3) is 0.344. The molecule has 5 heterocycles. The molecule has 2 fully saturated rings. The van der Waals surface area contributed by atoms with Crippen molar-refractivity contribution < 1.29 is 13.9 Å². The number of aliphatic imine (C=N–C) groups is 1. The average molecular weight is 645 g/mol. The number of anilines is 1. The summed E-state index contributed by atoms with van der Waals surface area (Å²) in [5, 5.41) is 11.8. The Morgan fingerprint density at radius 1 is 1.27 bits per heavy atom. The van der Waals surface area contributed by atoms with Crippen LogP contribution in [0.25, 0.3) is 21.3 Å². The summed E-state index contributed by atoms with van der Waals surface area (Å²) < 4.78 is 29.6. The van der Waals surface area contributed by atoms with Crippen molar-refractivity contribution in [1.29, 1.82) is 5.26 Å². The normalized spacial score (nSPS) is 19.5. The van der Waals surface area contributed by atoms with Gasteiger partial charge >= 0.3 is 0 Å². The van der Waals surface area contributed by atoms with Gasteiger partial charge in [0.2, 0.25) is 5.95 Å². The summed E-state index contributed by atoms with van der Waals surface area (Å²) in [6, 6.07) is 5.40. The van der Waals surface area contributed by atoms with Crippen molar-refractivity contribution in [1.82, 2.24) is 24.4 Å². The minimum Gasteiger partial charge on any atom is -0.369 e. The number of aromatic nitrogens is 4. The van der Waals surface area contributed by atoms with E-state index in [1.54, 1.807) is 47.5 Å². The van der Waals surface area contributed by atoms with Gasteiger partial charge in [-0.15, -0.1) is 11.3 Å². The molecule has 2 atom stereocenters. The Morgan fingerprint density at radius 3 is 2.69 bits per heavy atom. The summed E-state index contributed by atoms with van der Waals surface area (Å²) in [6.45, 7) is 13.1. The third-order valence-corrected chi connectivity index (χ3v) is 9.62. The maximum Gasteiger partial charge on any atom is 0.228 e. The van der Waals surface area contributed by atoms with Crippen LogP contribution >= 0.6 is 23.1 Å². The molecule has 2 unspecified atom stereocenters. The lowest BCUT2D eigenvalue weighted by molar-refractivity contribution is -0.147. The Bertz CT molecular complexity index is 1890. The maximum absolute atomic E-state index is 15.0. The van der Waals surface area contributed by atoms with Gasteiger partial charge in [-0.25, -0.2) is 19.4 Å². The standard InChI is InChI=1S/C32H33FN8O2S2/c1-7-9-19(8-2)16-44-30-26-28(37-31(38-30)40-14-23-24(15-40)43-32(3,4)42-23)41(18-35-26)13-20-10-11-22(33)27-25(20)21(12-34)29(45-27)36-17-39(5)6/h7-11,17-18,23-24H,1-2,13-16H2,3-6H3/b19-9+,36-17+. The number of allylic oxidation sites excluding steroid dienone is 3. The van der Waals surface area contributed by atoms with Crippen LogP contribution in [0.15, 0.2) is 65.4 Å². The molecule has 232 valence electrons. The molecule has 3 aromatic heterocycles. The number of thiophene rings is 1. The van der Waals surface area contributed by atoms with E-state index in [9.17, 15) is 5.26 Å². The molecule has 2 saturated heterocycles. The number of benzene rings is 1. The lowest BCUT2D eigenvalue weighted by atomic mass is 10.1. The Hall–Kier alpha value is -4.09. The first-order chi connectivity index (χ1) is 21.6. The van der Waals surface area contributed by atoms with E-state index in [0.29, 0.717) is 63.2 Å². The summed E-state index contributed by atoms with van der Waals surface area (Å²) >= 11 is 2.71. The number of hydrogen-bond donors (Lipinski definition) is 0. The number of nitriles is 1. The summed E-state index contributed by atoms with van der Waals surface area (Å²) in [5.41, 5.74) is 3.40. The number of halogens is 1. The second kappa shape index (κ2) is 12.4. The molecule has 10 nitrogen and oxygen atoms in total. The Morgan fingerprint density at radius 2 is 2.02 bits per heavy atom. The van der Waals surface area contributed by atoms with E-state index in [1.807, 2.05) is 38.6 Å². The van der Waals surface area contributed by atoms with Gasteiger partial charge in [0.05, 0.1) is 29.5 Å². The molecule has 0 bridgehead atoms. The number of ether oxygens (including phenoxy) is 2. The number of hydrogen-bond acceptors (Lipinski definition) is 10. The molecular weight excluding hydrogens is 612 g/mol. The van der Waals surface area contributed by atoms with Crippen LogP contribution < -0.4 is 4.90 Å². The van der Waals surface area contributed by atoms with Gasteiger partial charge in [-0.3, -0.25) is 0 Å². The van der Waals surface area contributed by atoms with Gasteiger partial charge in [0, 0.05) is 38.3 Å². The molecule has 0 saturated carbocycles. The lowest BCUT2D eigenvalue weighted by Gasteiger charge is -2.23. The summed E-state index contributed by atoms with van der Waals surface area (Å²) in [6.07, 6.45) is 8.61. The second-order valence-electron chi connectivity index (χ2n) is 11.5. The van der Waals surface area contributed by atoms with Crippen molar-refractivity contribution >= 4 is 61.6 Å². The Labute approximate surface area is 269 Å². The van der Waals surface area contributed by atoms with Crippen molar-refractivity contribution in [2.75, 3.05) is 37.8 Å². The van der Waals surface area contributed by atoms with Gasteiger partial charge < -0.3 is 23.8 Å². The van der Waals surface area contributed by atoms with Crippen LogP contribution in [0.1, 0.15) is 25.0 Å². The average Bonchev–Trinajstić information content (AvgIpc) is 3.75. The molecule has 1 aromatic carbocycles. The smallest absolute Gasteiger partial charge is 0.228 e. The zero-order valence-corrected chi connectivity index (χ0v) is 27.2. The highest BCUT2D eigenvalue weighted by atomic mass is 32.2. The van der Waals surface area contributed by atoms with E-state index in [-0.39, 0.29) is 12.2 Å². The maximum atomic E-state index is 15.0. The zero-order valence-electron chi connectivity index (χ0n) is 25.5. The summed E-state index contributed by atoms with van der Waals surface area (Å²) in [5.74, 6) is 0.163. The van der Waals surface area contributed by atoms with E-state index in [4.69, 9.17) is 24.4 Å². The molecular formula is C32H33FN8O2S2. The van der Waals surface area contributed by atoms with Crippen LogP contribution in [0.3, 0.4) is 0 Å². The largest absolute Gasteiger partial charge is 0.369 e. The van der Waals surface area contributed by atoms with Gasteiger partial charge in [0.15, 0.2) is 11.4 Å². The van der Waals surface area contributed by atoms with Crippen LogP contribution in [0.2, 0.25) is 0 Å². The van der Waals surface area contributed by atoms with E-state index < -0.39 is 11.6 Å². The molecule has 45 heavy (non-hydrogen) atoms. The van der Waals surface area contributed by atoms with Crippen molar-refractivity contribution in [3.63, 3.8) is 0 Å². The number of nitrogens with zero attached hydrogens (tertiary/aromatic N) is 8. The second-order valence-corrected chi connectivity index (χ2v) is 13.4. The number of fused-ring (bicyclic) bond motifs is 3. The van der Waals surface area contributed by atoms with Crippen LogP contribution in [-0.4, -0.2) is 81.7 Å². The molecule has 0 N–H and O–H groups in total. The number of imidazole rings is 1. The van der Waals surface area contributed by atoms with Crippen molar-refractivity contribution in [3.8, 4) is 6.07 Å². The van der Waals surface area contributed by atoms with Crippen molar-refractivity contribution in [3.05, 3.63) is 72.4 Å². The molecule has 2 aliphatic heterocycles. The van der Waals surface area contributed by atoms with Crippen molar-refractivity contribution in [2.45, 2.75) is 43.4 Å². The highest BCUT2D eigenvalue weighted by molar-refractivity contribution is 7.99. The molecule has 4 aromatic rings. The highest BCUT2D eigenvalue weighted by Gasteiger charge is 2.47. The molecule has 0 amide bonds. The third kappa shape index (κ3) is 6.11. The van der Waals surface area contributed by atoms with Gasteiger partial charge in [0.1, 0.15) is 39.6 Å². The monoisotopic (exact) mass is 644 g/mol. The topological polar surface area (TPSA) is 105 Å². The third-order valence-electron chi connectivity index (χ3n) is 7.48. The van der Waals surface area contributed by atoms with Crippen LogP contribution in [-0.2, 0) is 16.0 Å². The molecule has 0 radical (unpaired) electrons. The Kier molecular flexibility index (Phi) is 8.49. The van der Waals surface area contributed by atoms with E-state index >= 15 is 4.39 Å². The summed E-state index contributed by atoms with van der Waals surface area (Å²) in [7, 11) is 3.68. The Balaban J connectivity index is 1.41. The molecule has 13 heteroatoms. The van der Waals surface area contributed by atoms with Gasteiger partial charge in [0.25, 0.3) is 0 Å². The minimum absolute atomic E-state index is 0.0805. The highest BCUT2D eigenvalue weighted by Crippen LogP contribution is 2.41. The first-order valence-electron chi connectivity index (χ1n) is 14.4. The van der Waals surface area contributed by atoms with Gasteiger partial charge in [-0.2, -0.15) is 10.2 Å².